The molecule has 1 saturated heterocycles. The number of nitrogens with zero attached hydrogens (tertiary/aromatic N) is 4. The van der Waals surface area contributed by atoms with Crippen molar-refractivity contribution in [2.45, 2.75) is 12.2 Å². The minimum atomic E-state index is -4.54. The van der Waals surface area contributed by atoms with E-state index in [0.29, 0.717) is 21.6 Å². The SMILES string of the molecule is O=C(NCC(F)(F)F)[C@@H]1CSCN1c1nc(-c2c[nH]c3ncc(Cl)cc23)ncc1F. The molecule has 1 aliphatic rings. The van der Waals surface area contributed by atoms with Crippen molar-refractivity contribution in [3.63, 3.8) is 0 Å². The Morgan fingerprint density at radius 3 is 2.93 bits per heavy atom. The van der Waals surface area contributed by atoms with Crippen LogP contribution in [0.25, 0.3) is 22.4 Å². The van der Waals surface area contributed by atoms with Gasteiger partial charge in [0.15, 0.2) is 17.5 Å². The monoisotopic (exact) mass is 460 g/mol. The molecule has 30 heavy (non-hydrogen) atoms. The molecule has 0 radical (unpaired) electrons. The fraction of sp³-hybridized carbons (Fsp3) is 0.294. The number of carbonyl (C=O) groups excluding carboxylic acids is 1. The predicted molar refractivity (Wildman–Crippen MR) is 105 cm³/mol. The van der Waals surface area contributed by atoms with Crippen LogP contribution in [0.1, 0.15) is 0 Å². The zero-order chi connectivity index (χ0) is 21.5. The van der Waals surface area contributed by atoms with Gasteiger partial charge in [0.2, 0.25) is 5.91 Å². The molecular formula is C17H13ClF4N6OS. The summed E-state index contributed by atoms with van der Waals surface area (Å²) in [6.45, 7) is -1.46. The number of amides is 1. The third kappa shape index (κ3) is 4.15. The highest BCUT2D eigenvalue weighted by molar-refractivity contribution is 7.99. The summed E-state index contributed by atoms with van der Waals surface area (Å²) < 4.78 is 51.8. The van der Waals surface area contributed by atoms with Crippen molar-refractivity contribution < 1.29 is 22.4 Å². The van der Waals surface area contributed by atoms with Gasteiger partial charge in [-0.25, -0.2) is 19.3 Å². The minimum absolute atomic E-state index is 0.160. The maximum atomic E-state index is 14.5. The summed E-state index contributed by atoms with van der Waals surface area (Å²) in [4.78, 5) is 28.9. The topological polar surface area (TPSA) is 86.8 Å². The quantitative estimate of drug-likeness (QED) is 0.581. The van der Waals surface area contributed by atoms with Crippen molar-refractivity contribution in [3.05, 3.63) is 35.5 Å². The molecule has 1 fully saturated rings. The minimum Gasteiger partial charge on any atom is -0.345 e. The molecule has 0 unspecified atom stereocenters. The Balaban J connectivity index is 1.66. The average molecular weight is 461 g/mol. The van der Waals surface area contributed by atoms with E-state index in [9.17, 15) is 22.4 Å². The Labute approximate surface area is 176 Å². The number of hydrogen-bond acceptors (Lipinski definition) is 6. The number of fused-ring (bicyclic) bond motifs is 1. The van der Waals surface area contributed by atoms with E-state index in [2.05, 4.69) is 19.9 Å². The molecule has 1 amide bonds. The molecule has 0 saturated carbocycles. The lowest BCUT2D eigenvalue weighted by molar-refractivity contribution is -0.138. The zero-order valence-electron chi connectivity index (χ0n) is 15.0. The third-order valence-electron chi connectivity index (χ3n) is 4.38. The molecular weight excluding hydrogens is 448 g/mol. The molecule has 1 atom stereocenters. The Hall–Kier alpha value is -2.60. The standard InChI is InChI=1S/C17H13ClF4N6OS/c18-8-1-9-10(3-24-13(9)23-2-8)14-25-4-11(19)15(27-14)28-7-30-5-12(28)16(29)26-6-17(20,21)22/h1-4,12H,5-7H2,(H,23,24)(H,26,29)/t12-/m0/s1. The van der Waals surface area contributed by atoms with Crippen LogP contribution in [0.3, 0.4) is 0 Å². The van der Waals surface area contributed by atoms with Crippen LogP contribution in [-0.2, 0) is 4.79 Å². The highest BCUT2D eigenvalue weighted by Gasteiger charge is 2.36. The van der Waals surface area contributed by atoms with E-state index in [0.717, 1.165) is 6.20 Å². The van der Waals surface area contributed by atoms with E-state index in [1.165, 1.54) is 22.9 Å². The Morgan fingerprint density at radius 1 is 1.37 bits per heavy atom. The first-order valence-electron chi connectivity index (χ1n) is 8.57. The summed E-state index contributed by atoms with van der Waals surface area (Å²) in [6.07, 6.45) is -0.518. The van der Waals surface area contributed by atoms with Gasteiger partial charge in [0, 0.05) is 29.1 Å². The van der Waals surface area contributed by atoms with Gasteiger partial charge in [-0.15, -0.1) is 11.8 Å². The van der Waals surface area contributed by atoms with Gasteiger partial charge in [0.25, 0.3) is 0 Å². The second-order valence-electron chi connectivity index (χ2n) is 6.44. The number of hydrogen-bond donors (Lipinski definition) is 2. The molecule has 13 heteroatoms. The van der Waals surface area contributed by atoms with Crippen molar-refractivity contribution >= 4 is 46.1 Å². The zero-order valence-corrected chi connectivity index (χ0v) is 16.6. The number of rotatable bonds is 4. The molecule has 0 aromatic carbocycles. The number of nitrogens with one attached hydrogen (secondary N) is 2. The fourth-order valence-electron chi connectivity index (χ4n) is 3.03. The molecule has 4 heterocycles. The maximum absolute atomic E-state index is 14.5. The van der Waals surface area contributed by atoms with Crippen LogP contribution in [0.2, 0.25) is 5.02 Å². The van der Waals surface area contributed by atoms with E-state index in [4.69, 9.17) is 11.6 Å². The molecule has 3 aromatic heterocycles. The van der Waals surface area contributed by atoms with Crippen LogP contribution >= 0.6 is 23.4 Å². The molecule has 158 valence electrons. The lowest BCUT2D eigenvalue weighted by atomic mass is 10.2. The van der Waals surface area contributed by atoms with Gasteiger partial charge < -0.3 is 15.2 Å². The van der Waals surface area contributed by atoms with Gasteiger partial charge in [-0.3, -0.25) is 4.79 Å². The lowest BCUT2D eigenvalue weighted by Gasteiger charge is -2.24. The molecule has 4 rings (SSSR count). The number of anilines is 1. The number of carbonyl (C=O) groups is 1. The van der Waals surface area contributed by atoms with Gasteiger partial charge in [-0.2, -0.15) is 13.2 Å². The molecule has 3 aromatic rings. The van der Waals surface area contributed by atoms with Gasteiger partial charge in [0.1, 0.15) is 18.2 Å². The first-order valence-corrected chi connectivity index (χ1v) is 10.1. The second-order valence-corrected chi connectivity index (χ2v) is 7.87. The van der Waals surface area contributed by atoms with Gasteiger partial charge in [-0.1, -0.05) is 11.6 Å². The number of H-pyrrole nitrogens is 1. The van der Waals surface area contributed by atoms with Crippen LogP contribution < -0.4 is 10.2 Å². The molecule has 0 spiro atoms. The van der Waals surface area contributed by atoms with Crippen LogP contribution in [-0.4, -0.2) is 56.2 Å². The van der Waals surface area contributed by atoms with E-state index in [-0.39, 0.29) is 23.3 Å². The summed E-state index contributed by atoms with van der Waals surface area (Å²) in [5, 5.41) is 2.86. The van der Waals surface area contributed by atoms with E-state index < -0.39 is 30.5 Å². The number of thioether (sulfide) groups is 1. The summed E-state index contributed by atoms with van der Waals surface area (Å²) in [7, 11) is 0. The molecule has 0 aliphatic carbocycles. The molecule has 0 bridgehead atoms. The van der Waals surface area contributed by atoms with Crippen molar-refractivity contribution in [1.29, 1.82) is 0 Å². The number of alkyl halides is 3. The summed E-state index contributed by atoms with van der Waals surface area (Å²) in [5.41, 5.74) is 1.05. The highest BCUT2D eigenvalue weighted by Crippen LogP contribution is 2.32. The number of halogens is 5. The Bertz CT molecular complexity index is 1110. The van der Waals surface area contributed by atoms with Crippen LogP contribution in [0.15, 0.2) is 24.7 Å². The Kier molecular flexibility index (Phi) is 5.45. The van der Waals surface area contributed by atoms with E-state index in [1.54, 1.807) is 12.3 Å². The predicted octanol–water partition coefficient (Wildman–Crippen LogP) is 3.37. The summed E-state index contributed by atoms with van der Waals surface area (Å²) in [6, 6.07) is 0.662. The van der Waals surface area contributed by atoms with Gasteiger partial charge in [-0.05, 0) is 6.07 Å². The summed E-state index contributed by atoms with van der Waals surface area (Å²) >= 11 is 7.28. The maximum Gasteiger partial charge on any atom is 0.405 e. The first kappa shape index (κ1) is 20.7. The molecule has 1 aliphatic heterocycles. The highest BCUT2D eigenvalue weighted by atomic mass is 35.5. The lowest BCUT2D eigenvalue weighted by Crippen LogP contribution is -2.47. The number of aromatic nitrogens is 4. The van der Waals surface area contributed by atoms with Crippen molar-refractivity contribution in [3.8, 4) is 11.4 Å². The molecule has 7 nitrogen and oxygen atoms in total. The normalized spacial score (nSPS) is 17.0. The number of pyridine rings is 1. The van der Waals surface area contributed by atoms with E-state index in [1.807, 2.05) is 5.32 Å². The van der Waals surface area contributed by atoms with Crippen molar-refractivity contribution in [1.82, 2.24) is 25.3 Å². The Morgan fingerprint density at radius 2 is 2.17 bits per heavy atom. The second kappa shape index (κ2) is 7.91. The van der Waals surface area contributed by atoms with Crippen LogP contribution in [0.4, 0.5) is 23.4 Å². The number of aromatic amines is 1. The fourth-order valence-corrected chi connectivity index (χ4v) is 4.34. The average Bonchev–Trinajstić information content (AvgIpc) is 3.33. The first-order chi connectivity index (χ1) is 14.2. The van der Waals surface area contributed by atoms with Gasteiger partial charge >= 0.3 is 6.18 Å². The summed E-state index contributed by atoms with van der Waals surface area (Å²) in [5.74, 6) is -1.24. The smallest absolute Gasteiger partial charge is 0.345 e. The van der Waals surface area contributed by atoms with Crippen LogP contribution in [0.5, 0.6) is 0 Å². The van der Waals surface area contributed by atoms with Gasteiger partial charge in [0.05, 0.1) is 17.1 Å². The van der Waals surface area contributed by atoms with Crippen LogP contribution in [0, 0.1) is 5.82 Å². The van der Waals surface area contributed by atoms with E-state index >= 15 is 0 Å². The largest absolute Gasteiger partial charge is 0.405 e. The molecule has 2 N–H and O–H groups in total. The third-order valence-corrected chi connectivity index (χ3v) is 5.60. The van der Waals surface area contributed by atoms with Crippen molar-refractivity contribution in [2.75, 3.05) is 23.1 Å². The van der Waals surface area contributed by atoms with Crippen molar-refractivity contribution in [2.24, 2.45) is 0 Å².